The van der Waals surface area contributed by atoms with Crippen LogP contribution >= 0.6 is 0 Å². The molecule has 0 aromatic heterocycles. The van der Waals surface area contributed by atoms with Gasteiger partial charge in [0.2, 0.25) is 5.91 Å². The molecule has 1 heterocycles. The molecule has 0 aliphatic carbocycles. The minimum atomic E-state index is -5.06. The second-order valence-corrected chi connectivity index (χ2v) is 10.1. The van der Waals surface area contributed by atoms with E-state index in [1.807, 2.05) is 31.1 Å². The average Bonchev–Trinajstić information content (AvgIpc) is 2.85. The molecule has 1 aliphatic rings. The average molecular weight is 559 g/mol. The van der Waals surface area contributed by atoms with Crippen molar-refractivity contribution in [2.45, 2.75) is 56.2 Å². The number of likely N-dealkylation sites (tertiary alicyclic amines) is 1. The van der Waals surface area contributed by atoms with Crippen molar-refractivity contribution in [3.8, 4) is 0 Å². The van der Waals surface area contributed by atoms with Crippen LogP contribution in [0.2, 0.25) is 0 Å². The molecule has 214 valence electrons. The van der Waals surface area contributed by atoms with Crippen LogP contribution in [-0.4, -0.2) is 66.9 Å². The van der Waals surface area contributed by atoms with Gasteiger partial charge in [-0.3, -0.25) is 9.59 Å². The van der Waals surface area contributed by atoms with Crippen LogP contribution in [0.15, 0.2) is 48.5 Å². The fourth-order valence-corrected chi connectivity index (χ4v) is 4.77. The van der Waals surface area contributed by atoms with Gasteiger partial charge in [-0.15, -0.1) is 0 Å². The minimum absolute atomic E-state index is 0.00604. The van der Waals surface area contributed by atoms with Crippen molar-refractivity contribution in [2.24, 2.45) is 5.73 Å². The normalized spacial score (nSPS) is 19.3. The maximum absolute atomic E-state index is 13.5. The predicted octanol–water partition coefficient (Wildman–Crippen LogP) is 4.34. The molecule has 3 atom stereocenters. The summed E-state index contributed by atoms with van der Waals surface area (Å²) in [5.74, 6) is -1.44. The number of rotatable bonds is 9. The van der Waals surface area contributed by atoms with Crippen molar-refractivity contribution in [3.05, 3.63) is 70.8 Å². The molecule has 1 aliphatic heterocycles. The molecule has 12 heteroatoms. The van der Waals surface area contributed by atoms with Crippen molar-refractivity contribution in [2.75, 3.05) is 27.2 Å². The van der Waals surface area contributed by atoms with Crippen molar-refractivity contribution in [1.29, 1.82) is 0 Å². The predicted molar refractivity (Wildman–Crippen MR) is 134 cm³/mol. The maximum atomic E-state index is 13.5. The largest absolute Gasteiger partial charge is 0.416 e. The standard InChI is InChI=1S/C27H32F6N4O2/c1-36(2)10-9-23(24(34)38)35-21-8-11-37(22(16-21)12-17-6-4-3-5-7-17)25(39)18-13-19(26(28,29)30)15-20(14-18)27(31,32)33/h3-7,13-15,21-23,35H,8-12,16H2,1-2H3,(H2,34,38). The van der Waals surface area contributed by atoms with Gasteiger partial charge in [-0.25, -0.2) is 0 Å². The van der Waals surface area contributed by atoms with Gasteiger partial charge in [0.15, 0.2) is 0 Å². The fraction of sp³-hybridized carbons (Fsp3) is 0.481. The number of carbonyl (C=O) groups is 2. The number of piperidine rings is 1. The monoisotopic (exact) mass is 558 g/mol. The van der Waals surface area contributed by atoms with Gasteiger partial charge in [0.25, 0.3) is 5.91 Å². The molecule has 2 aromatic rings. The number of benzene rings is 2. The van der Waals surface area contributed by atoms with Crippen molar-refractivity contribution < 1.29 is 35.9 Å². The number of alkyl halides is 6. The topological polar surface area (TPSA) is 78.7 Å². The van der Waals surface area contributed by atoms with Gasteiger partial charge in [0.1, 0.15) is 0 Å². The SMILES string of the molecule is CN(C)CCC(NC1CCN(C(=O)c2cc(C(F)(F)F)cc(C(F)(F)F)c2)C(Cc2ccccc2)C1)C(N)=O. The lowest BCUT2D eigenvalue weighted by Crippen LogP contribution is -2.55. The molecule has 39 heavy (non-hydrogen) atoms. The number of hydrogen-bond donors (Lipinski definition) is 2. The van der Waals surface area contributed by atoms with E-state index in [0.29, 0.717) is 44.4 Å². The van der Waals surface area contributed by atoms with Crippen LogP contribution in [0.4, 0.5) is 26.3 Å². The lowest BCUT2D eigenvalue weighted by molar-refractivity contribution is -0.143. The lowest BCUT2D eigenvalue weighted by Gasteiger charge is -2.41. The van der Waals surface area contributed by atoms with E-state index in [0.717, 1.165) is 5.56 Å². The number of amides is 2. The Kier molecular flexibility index (Phi) is 9.65. The molecule has 0 spiro atoms. The van der Waals surface area contributed by atoms with Crippen LogP contribution in [0.5, 0.6) is 0 Å². The number of halogens is 6. The highest BCUT2D eigenvalue weighted by Crippen LogP contribution is 2.37. The van der Waals surface area contributed by atoms with Crippen LogP contribution in [-0.2, 0) is 23.6 Å². The zero-order valence-corrected chi connectivity index (χ0v) is 21.6. The van der Waals surface area contributed by atoms with E-state index in [1.165, 1.54) is 4.90 Å². The summed E-state index contributed by atoms with van der Waals surface area (Å²) in [6, 6.07) is 8.58. The van der Waals surface area contributed by atoms with Crippen LogP contribution in [0.1, 0.15) is 46.3 Å². The van der Waals surface area contributed by atoms with Crippen LogP contribution in [0.3, 0.4) is 0 Å². The zero-order chi connectivity index (χ0) is 29.0. The Labute approximate surface area is 223 Å². The van der Waals surface area contributed by atoms with Gasteiger partial charge in [-0.1, -0.05) is 30.3 Å². The lowest BCUT2D eigenvalue weighted by atomic mass is 9.90. The molecular formula is C27H32F6N4O2. The molecule has 6 nitrogen and oxygen atoms in total. The van der Waals surface area contributed by atoms with Gasteiger partial charge in [0, 0.05) is 24.2 Å². The van der Waals surface area contributed by atoms with Gasteiger partial charge in [-0.2, -0.15) is 26.3 Å². The maximum Gasteiger partial charge on any atom is 0.416 e. The van der Waals surface area contributed by atoms with Gasteiger partial charge in [0.05, 0.1) is 17.2 Å². The van der Waals surface area contributed by atoms with Crippen LogP contribution in [0, 0.1) is 0 Å². The smallest absolute Gasteiger partial charge is 0.368 e. The van der Waals surface area contributed by atoms with E-state index in [1.54, 1.807) is 18.2 Å². The molecule has 0 radical (unpaired) electrons. The summed E-state index contributed by atoms with van der Waals surface area (Å²) in [6.45, 7) is 0.674. The Balaban J connectivity index is 1.91. The summed E-state index contributed by atoms with van der Waals surface area (Å²) >= 11 is 0. The van der Waals surface area contributed by atoms with E-state index in [-0.39, 0.29) is 18.7 Å². The highest BCUT2D eigenvalue weighted by Gasteiger charge is 2.39. The number of nitrogens with one attached hydrogen (secondary N) is 1. The minimum Gasteiger partial charge on any atom is -0.368 e. The first kappa shape index (κ1) is 30.4. The van der Waals surface area contributed by atoms with E-state index in [4.69, 9.17) is 5.73 Å². The number of carbonyl (C=O) groups excluding carboxylic acids is 2. The summed E-state index contributed by atoms with van der Waals surface area (Å²) in [7, 11) is 3.71. The molecular weight excluding hydrogens is 526 g/mol. The Hall–Kier alpha value is -3.12. The Bertz CT molecular complexity index is 1110. The van der Waals surface area contributed by atoms with E-state index >= 15 is 0 Å². The Morgan fingerprint density at radius 2 is 1.62 bits per heavy atom. The number of nitrogens with zero attached hydrogens (tertiary/aromatic N) is 2. The fourth-order valence-electron chi connectivity index (χ4n) is 4.77. The molecule has 1 fully saturated rings. The van der Waals surface area contributed by atoms with Gasteiger partial charge < -0.3 is 20.9 Å². The molecule has 3 rings (SSSR count). The number of hydrogen-bond acceptors (Lipinski definition) is 4. The third-order valence-electron chi connectivity index (χ3n) is 6.77. The van der Waals surface area contributed by atoms with Crippen molar-refractivity contribution in [1.82, 2.24) is 15.1 Å². The molecule has 2 amide bonds. The molecule has 0 bridgehead atoms. The highest BCUT2D eigenvalue weighted by molar-refractivity contribution is 5.95. The quantitative estimate of drug-likeness (QED) is 0.449. The molecule has 3 N–H and O–H groups in total. The highest BCUT2D eigenvalue weighted by atomic mass is 19.4. The third kappa shape index (κ3) is 8.43. The number of nitrogens with two attached hydrogens (primary N) is 1. The van der Waals surface area contributed by atoms with E-state index in [2.05, 4.69) is 5.32 Å². The molecule has 2 aromatic carbocycles. The first-order valence-electron chi connectivity index (χ1n) is 12.5. The molecule has 0 saturated carbocycles. The van der Waals surface area contributed by atoms with Crippen molar-refractivity contribution in [3.63, 3.8) is 0 Å². The van der Waals surface area contributed by atoms with E-state index in [9.17, 15) is 35.9 Å². The molecule has 3 unspecified atom stereocenters. The second-order valence-electron chi connectivity index (χ2n) is 10.1. The summed E-state index contributed by atoms with van der Waals surface area (Å²) in [5, 5.41) is 3.25. The summed E-state index contributed by atoms with van der Waals surface area (Å²) in [5.41, 5.74) is 2.67. The Morgan fingerprint density at radius 3 is 2.13 bits per heavy atom. The van der Waals surface area contributed by atoms with Crippen LogP contribution < -0.4 is 11.1 Å². The summed E-state index contributed by atoms with van der Waals surface area (Å²) < 4.78 is 80.5. The van der Waals surface area contributed by atoms with Crippen molar-refractivity contribution >= 4 is 11.8 Å². The second kappa shape index (κ2) is 12.4. The first-order valence-corrected chi connectivity index (χ1v) is 12.5. The van der Waals surface area contributed by atoms with Crippen LogP contribution in [0.25, 0.3) is 0 Å². The molecule has 1 saturated heterocycles. The summed E-state index contributed by atoms with van der Waals surface area (Å²) in [6.07, 6.45) is -8.67. The first-order chi connectivity index (χ1) is 18.1. The van der Waals surface area contributed by atoms with E-state index < -0.39 is 52.9 Å². The zero-order valence-electron chi connectivity index (χ0n) is 21.6. The van der Waals surface area contributed by atoms with Gasteiger partial charge >= 0.3 is 12.4 Å². The van der Waals surface area contributed by atoms with Gasteiger partial charge in [-0.05, 0) is 70.1 Å². The third-order valence-corrected chi connectivity index (χ3v) is 6.77. The summed E-state index contributed by atoms with van der Waals surface area (Å²) in [4.78, 5) is 28.7. The number of primary amides is 1. The Morgan fingerprint density at radius 1 is 1.03 bits per heavy atom.